The molecule has 0 unspecified atom stereocenters. The number of methoxy groups -OCH3 is 2. The number of para-hydroxylation sites is 4. The molecule has 0 saturated heterocycles. The van der Waals surface area contributed by atoms with E-state index in [9.17, 15) is 0 Å². The molecular weight excluding hydrogens is 324 g/mol. The van der Waals surface area contributed by atoms with Crippen molar-refractivity contribution in [3.63, 3.8) is 0 Å². The largest absolute Gasteiger partial charge is 0.494 e. The minimum atomic E-state index is 0.754. The van der Waals surface area contributed by atoms with Crippen LogP contribution in [-0.2, 0) is 0 Å². The van der Waals surface area contributed by atoms with Gasteiger partial charge in [-0.1, -0.05) is 48.5 Å². The van der Waals surface area contributed by atoms with Crippen LogP contribution in [0.2, 0.25) is 0 Å². The highest BCUT2D eigenvalue weighted by Gasteiger charge is 1.99. The Labute approximate surface area is 153 Å². The molecule has 0 heterocycles. The number of nitrogens with zero attached hydrogens (tertiary/aromatic N) is 2. The van der Waals surface area contributed by atoms with E-state index in [1.807, 2.05) is 85.2 Å². The molecule has 0 bridgehead atoms. The molecule has 0 radical (unpaired) electrons. The topological polar surface area (TPSA) is 43.2 Å². The minimum Gasteiger partial charge on any atom is -0.494 e. The minimum absolute atomic E-state index is 0.754. The summed E-state index contributed by atoms with van der Waals surface area (Å²) < 4.78 is 10.6. The average Bonchev–Trinajstić information content (AvgIpc) is 2.72. The van der Waals surface area contributed by atoms with Crippen LogP contribution in [0.3, 0.4) is 0 Å². The number of rotatable bonds is 6. The molecule has 0 aliphatic heterocycles. The van der Waals surface area contributed by atoms with Gasteiger partial charge in [-0.2, -0.15) is 0 Å². The molecule has 0 saturated carbocycles. The number of hydrogen-bond acceptors (Lipinski definition) is 4. The fraction of sp³-hybridized carbons (Fsp3) is 0.0909. The molecule has 3 rings (SSSR count). The summed E-state index contributed by atoms with van der Waals surface area (Å²) in [5, 5.41) is 0. The first kappa shape index (κ1) is 17.4. The molecule has 4 nitrogen and oxygen atoms in total. The first-order chi connectivity index (χ1) is 12.8. The van der Waals surface area contributed by atoms with Crippen molar-refractivity contribution in [2.45, 2.75) is 0 Å². The molecule has 26 heavy (non-hydrogen) atoms. The Morgan fingerprint density at radius 3 is 1.35 bits per heavy atom. The molecule has 130 valence electrons. The lowest BCUT2D eigenvalue weighted by molar-refractivity contribution is 0.416. The maximum Gasteiger partial charge on any atom is 0.144 e. The summed E-state index contributed by atoms with van der Waals surface area (Å²) in [5.41, 5.74) is 3.62. The molecule has 0 amide bonds. The van der Waals surface area contributed by atoms with E-state index in [1.54, 1.807) is 14.2 Å². The second-order valence-corrected chi connectivity index (χ2v) is 5.53. The highest BCUT2D eigenvalue weighted by molar-refractivity contribution is 5.86. The van der Waals surface area contributed by atoms with Crippen molar-refractivity contribution in [2.75, 3.05) is 14.2 Å². The van der Waals surface area contributed by atoms with Gasteiger partial charge in [0.15, 0.2) is 0 Å². The van der Waals surface area contributed by atoms with Crippen LogP contribution < -0.4 is 9.47 Å². The highest BCUT2D eigenvalue weighted by Crippen LogP contribution is 2.27. The normalized spacial score (nSPS) is 11.2. The van der Waals surface area contributed by atoms with Crippen molar-refractivity contribution >= 4 is 23.8 Å². The van der Waals surface area contributed by atoms with Gasteiger partial charge in [-0.25, -0.2) is 0 Å². The van der Waals surface area contributed by atoms with Gasteiger partial charge in [-0.3, -0.25) is 9.98 Å². The van der Waals surface area contributed by atoms with Crippen molar-refractivity contribution in [1.82, 2.24) is 0 Å². The van der Waals surface area contributed by atoms with Gasteiger partial charge in [-0.05, 0) is 35.4 Å². The van der Waals surface area contributed by atoms with Crippen molar-refractivity contribution < 1.29 is 9.47 Å². The Morgan fingerprint density at radius 1 is 0.577 bits per heavy atom. The molecule has 0 fully saturated rings. The second-order valence-electron chi connectivity index (χ2n) is 5.53. The van der Waals surface area contributed by atoms with Crippen LogP contribution in [0.1, 0.15) is 11.1 Å². The predicted octanol–water partition coefficient (Wildman–Crippen LogP) is 5.21. The zero-order valence-electron chi connectivity index (χ0n) is 14.8. The van der Waals surface area contributed by atoms with E-state index in [1.165, 1.54) is 0 Å². The van der Waals surface area contributed by atoms with E-state index in [4.69, 9.17) is 9.47 Å². The first-order valence-corrected chi connectivity index (χ1v) is 8.24. The summed E-state index contributed by atoms with van der Waals surface area (Å²) in [6.45, 7) is 0. The lowest BCUT2D eigenvalue weighted by Crippen LogP contribution is -1.86. The van der Waals surface area contributed by atoms with E-state index in [2.05, 4.69) is 9.98 Å². The summed E-state index contributed by atoms with van der Waals surface area (Å²) >= 11 is 0. The van der Waals surface area contributed by atoms with Crippen LogP contribution in [0, 0.1) is 0 Å². The number of hydrogen-bond donors (Lipinski definition) is 0. The van der Waals surface area contributed by atoms with Gasteiger partial charge < -0.3 is 9.47 Å². The maximum absolute atomic E-state index is 5.30. The van der Waals surface area contributed by atoms with Crippen molar-refractivity contribution in [2.24, 2.45) is 9.98 Å². The van der Waals surface area contributed by atoms with Gasteiger partial charge in [0.25, 0.3) is 0 Å². The van der Waals surface area contributed by atoms with Gasteiger partial charge in [0.05, 0.1) is 14.2 Å². The summed E-state index contributed by atoms with van der Waals surface area (Å²) in [4.78, 5) is 8.99. The first-order valence-electron chi connectivity index (χ1n) is 8.24. The molecular formula is C22H20N2O2. The SMILES string of the molecule is COc1ccccc1N=Cc1ccc(C=Nc2ccccc2OC)cc1. The summed E-state index contributed by atoms with van der Waals surface area (Å²) in [6.07, 6.45) is 3.64. The Bertz CT molecular complexity index is 839. The summed E-state index contributed by atoms with van der Waals surface area (Å²) in [7, 11) is 3.29. The van der Waals surface area contributed by atoms with E-state index >= 15 is 0 Å². The van der Waals surface area contributed by atoms with Crippen LogP contribution >= 0.6 is 0 Å². The third-order valence-corrected chi connectivity index (χ3v) is 3.81. The highest BCUT2D eigenvalue weighted by atomic mass is 16.5. The fourth-order valence-corrected chi connectivity index (χ4v) is 2.43. The van der Waals surface area contributed by atoms with E-state index in [0.29, 0.717) is 0 Å². The van der Waals surface area contributed by atoms with E-state index < -0.39 is 0 Å². The van der Waals surface area contributed by atoms with Gasteiger partial charge in [0.1, 0.15) is 22.9 Å². The molecule has 0 aromatic heterocycles. The zero-order chi connectivity index (χ0) is 18.2. The van der Waals surface area contributed by atoms with Gasteiger partial charge >= 0.3 is 0 Å². The van der Waals surface area contributed by atoms with Crippen LogP contribution in [0.5, 0.6) is 11.5 Å². The molecule has 0 N–H and O–H groups in total. The lowest BCUT2D eigenvalue weighted by atomic mass is 10.1. The van der Waals surface area contributed by atoms with Gasteiger partial charge in [0.2, 0.25) is 0 Å². The van der Waals surface area contributed by atoms with E-state index in [-0.39, 0.29) is 0 Å². The Morgan fingerprint density at radius 2 is 0.962 bits per heavy atom. The summed E-state index contributed by atoms with van der Waals surface area (Å²) in [6, 6.07) is 23.4. The lowest BCUT2D eigenvalue weighted by Gasteiger charge is -2.03. The Hall–Kier alpha value is -3.40. The fourth-order valence-electron chi connectivity index (χ4n) is 2.43. The molecule has 4 heteroatoms. The molecule has 0 aliphatic rings. The average molecular weight is 344 g/mol. The van der Waals surface area contributed by atoms with Crippen LogP contribution in [0.4, 0.5) is 11.4 Å². The predicted molar refractivity (Wildman–Crippen MR) is 107 cm³/mol. The van der Waals surface area contributed by atoms with Gasteiger partial charge in [0, 0.05) is 12.4 Å². The standard InChI is InChI=1S/C22H20N2O2/c1-25-21-9-5-3-7-19(21)23-15-17-11-13-18(14-12-17)16-24-20-8-4-6-10-22(20)26-2/h3-16H,1-2H3. The number of aliphatic imine (C=N–C) groups is 2. The number of ether oxygens (including phenoxy) is 2. The molecule has 3 aromatic rings. The van der Waals surface area contributed by atoms with Crippen LogP contribution in [-0.4, -0.2) is 26.6 Å². The second kappa shape index (κ2) is 8.62. The van der Waals surface area contributed by atoms with Crippen molar-refractivity contribution in [1.29, 1.82) is 0 Å². The molecule has 0 spiro atoms. The quantitative estimate of drug-likeness (QED) is 0.577. The Kier molecular flexibility index (Phi) is 5.78. The molecule has 0 aliphatic carbocycles. The van der Waals surface area contributed by atoms with Crippen LogP contribution in [0.25, 0.3) is 0 Å². The smallest absolute Gasteiger partial charge is 0.144 e. The monoisotopic (exact) mass is 344 g/mol. The number of benzene rings is 3. The Balaban J connectivity index is 1.72. The van der Waals surface area contributed by atoms with Crippen molar-refractivity contribution in [3.8, 4) is 11.5 Å². The maximum atomic E-state index is 5.30. The third-order valence-electron chi connectivity index (χ3n) is 3.81. The van der Waals surface area contributed by atoms with Crippen molar-refractivity contribution in [3.05, 3.63) is 83.9 Å². The molecule has 0 atom stereocenters. The van der Waals surface area contributed by atoms with E-state index in [0.717, 1.165) is 34.0 Å². The van der Waals surface area contributed by atoms with Crippen LogP contribution in [0.15, 0.2) is 82.8 Å². The molecule has 3 aromatic carbocycles. The van der Waals surface area contributed by atoms with Gasteiger partial charge in [-0.15, -0.1) is 0 Å². The summed E-state index contributed by atoms with van der Waals surface area (Å²) in [5.74, 6) is 1.51. The third kappa shape index (κ3) is 4.36. The zero-order valence-corrected chi connectivity index (χ0v) is 14.8.